The molecule has 0 aliphatic heterocycles. The predicted octanol–water partition coefficient (Wildman–Crippen LogP) is 0.271. The molecule has 1 rings (SSSR count). The fraction of sp³-hybridized carbons (Fsp3) is 0. The van der Waals surface area contributed by atoms with Crippen molar-refractivity contribution in [3.05, 3.63) is 30.3 Å². The van der Waals surface area contributed by atoms with Gasteiger partial charge in [-0.1, -0.05) is 0 Å². The summed E-state index contributed by atoms with van der Waals surface area (Å²) in [6.07, 6.45) is 0. The molecule has 0 fully saturated rings. The fourth-order valence-corrected chi connectivity index (χ4v) is 1.42. The van der Waals surface area contributed by atoms with Gasteiger partial charge in [-0.25, -0.2) is 0 Å². The number of benzene rings is 1. The Balaban J connectivity index is 2.83. The molecule has 0 saturated heterocycles. The van der Waals surface area contributed by atoms with Gasteiger partial charge in [0.25, 0.3) is 0 Å². The second kappa shape index (κ2) is 3.73. The van der Waals surface area contributed by atoms with Gasteiger partial charge in [0, 0.05) is 0 Å². The molecule has 0 saturated carbocycles. The van der Waals surface area contributed by atoms with Gasteiger partial charge >= 0.3 is 76.1 Å². The third-order valence-electron chi connectivity index (χ3n) is 0.859. The Morgan fingerprint density at radius 2 is 1.75 bits per heavy atom. The van der Waals surface area contributed by atoms with Crippen LogP contribution in [0.5, 0.6) is 0 Å². The first-order valence-electron chi connectivity index (χ1n) is 2.32. The molecule has 2 N–H and O–H groups in total. The van der Waals surface area contributed by atoms with E-state index in [4.69, 9.17) is 0.679 Å². The van der Waals surface area contributed by atoms with Crippen molar-refractivity contribution in [1.29, 1.82) is 0 Å². The van der Waals surface area contributed by atoms with Crippen LogP contribution in [0.15, 0.2) is 30.3 Å². The molecule has 43 valence electrons. The van der Waals surface area contributed by atoms with Gasteiger partial charge in [0.1, 0.15) is 0 Å². The van der Waals surface area contributed by atoms with E-state index in [2.05, 4.69) is 12.1 Å². The zero-order valence-corrected chi connectivity index (χ0v) is 6.77. The van der Waals surface area contributed by atoms with Crippen LogP contribution in [0.4, 0.5) is 0 Å². The Kier molecular flexibility index (Phi) is 3.20. The van der Waals surface area contributed by atoms with Gasteiger partial charge in [-0.2, -0.15) is 0 Å². The van der Waals surface area contributed by atoms with E-state index in [1.165, 1.54) is -0.0424 Å². The van der Waals surface area contributed by atoms with Crippen LogP contribution < -0.4 is 0.637 Å². The van der Waals surface area contributed by atoms with Crippen LogP contribution in [-0.2, 0) is 0 Å². The molecule has 0 heterocycles. The van der Waals surface area contributed by atoms with Crippen LogP contribution in [0, 0.1) is 45.1 Å². The molecule has 2 heteroatoms. The number of hydrogen-bond acceptors (Lipinski definition) is 1. The van der Waals surface area contributed by atoms with Crippen molar-refractivity contribution in [2.45, 2.75) is 0 Å². The molecule has 0 amide bonds. The standard InChI is InChI=1S/C6H5.Eu.H2N/c1-2-4-6-5-3-1;;/h1-5H;;1H2/q;+1;-1. The summed E-state index contributed by atoms with van der Waals surface area (Å²) >= 11 is -0.514. The number of nitrogens with two attached hydrogens (primary N) is 1. The molecule has 1 aromatic rings. The van der Waals surface area contributed by atoms with Crippen LogP contribution >= 0.6 is 0 Å². The molecule has 0 bridgehead atoms. The van der Waals surface area contributed by atoms with Crippen molar-refractivity contribution >= 4 is -0.0424 Å². The van der Waals surface area contributed by atoms with Crippen LogP contribution in [-0.4, -0.2) is 0 Å². The molecule has 0 aliphatic rings. The summed E-state index contributed by atoms with van der Waals surface area (Å²) < 4.78 is 6.84. The topological polar surface area (TPSA) is 26.0 Å². The minimum atomic E-state index is -0.514. The first-order chi connectivity index (χ1) is 3.93. The van der Waals surface area contributed by atoms with Gasteiger partial charge in [-0.15, -0.1) is 0 Å². The SMILES string of the molecule is [NH2][Eu][c]1ccccc1. The third kappa shape index (κ3) is 1.94. The van der Waals surface area contributed by atoms with Crippen LogP contribution in [0.25, 0.3) is 0 Å². The number of hydrogen-bond donors (Lipinski definition) is 1. The molecule has 0 aliphatic carbocycles. The Morgan fingerprint density at radius 3 is 2.12 bits per heavy atom. The summed E-state index contributed by atoms with van der Waals surface area (Å²) in [6.45, 7) is 0. The first-order valence-corrected chi connectivity index (χ1v) is 4.93. The zero-order chi connectivity index (χ0) is 5.82. The van der Waals surface area contributed by atoms with Gasteiger partial charge in [0.2, 0.25) is 0 Å². The number of rotatable bonds is 1. The van der Waals surface area contributed by atoms with Crippen LogP contribution in [0.2, 0.25) is 0 Å². The quantitative estimate of drug-likeness (QED) is 0.755. The van der Waals surface area contributed by atoms with Crippen molar-refractivity contribution in [2.24, 2.45) is 0.679 Å². The van der Waals surface area contributed by atoms with Crippen LogP contribution in [0.3, 0.4) is 0 Å². The van der Waals surface area contributed by atoms with E-state index in [0.29, 0.717) is 0 Å². The normalized spacial score (nSPS) is 9.12. The summed E-state index contributed by atoms with van der Waals surface area (Å²) in [5.74, 6) is 0. The summed E-state index contributed by atoms with van der Waals surface area (Å²) in [4.78, 5) is 0. The molecule has 0 radical (unpaired) electrons. The summed E-state index contributed by atoms with van der Waals surface area (Å²) in [5.41, 5.74) is 0. The van der Waals surface area contributed by atoms with E-state index >= 15 is 0 Å². The van der Waals surface area contributed by atoms with E-state index in [1.54, 1.807) is 0 Å². The molecular weight excluding hydrogens is 238 g/mol. The van der Waals surface area contributed by atoms with E-state index < -0.39 is 45.1 Å². The van der Waals surface area contributed by atoms with Gasteiger partial charge in [0.15, 0.2) is 0 Å². The third-order valence-corrected chi connectivity index (χ3v) is 2.48. The zero-order valence-electron chi connectivity index (χ0n) is 4.34. The van der Waals surface area contributed by atoms with Crippen molar-refractivity contribution in [3.63, 3.8) is 0 Å². The van der Waals surface area contributed by atoms with Gasteiger partial charge in [-0.3, -0.25) is 0 Å². The second-order valence-corrected chi connectivity index (χ2v) is 3.50. The Morgan fingerprint density at radius 1 is 1.12 bits per heavy atom. The molecular formula is C6H7EuN. The Bertz CT molecular complexity index is 150. The molecule has 0 aromatic heterocycles. The van der Waals surface area contributed by atoms with Crippen molar-refractivity contribution in [3.8, 4) is 0 Å². The molecule has 1 nitrogen and oxygen atoms in total. The average Bonchev–Trinajstić information content (AvgIpc) is 1.90. The average molecular weight is 245 g/mol. The summed E-state index contributed by atoms with van der Waals surface area (Å²) in [5, 5.41) is 0. The second-order valence-electron chi connectivity index (χ2n) is 1.40. The molecule has 1 aromatic carbocycles. The van der Waals surface area contributed by atoms with Gasteiger partial charge < -0.3 is 0 Å². The first kappa shape index (κ1) is 6.88. The van der Waals surface area contributed by atoms with Gasteiger partial charge in [0.05, 0.1) is 0 Å². The molecule has 8 heavy (non-hydrogen) atoms. The van der Waals surface area contributed by atoms with E-state index in [-0.39, 0.29) is 0 Å². The van der Waals surface area contributed by atoms with Crippen LogP contribution in [0.1, 0.15) is 0 Å². The minimum absolute atomic E-state index is 0.514. The molecule has 0 atom stereocenters. The van der Waals surface area contributed by atoms with Crippen molar-refractivity contribution in [2.75, 3.05) is 0 Å². The van der Waals surface area contributed by atoms with E-state index in [9.17, 15) is 0 Å². The van der Waals surface area contributed by atoms with E-state index in [0.717, 1.165) is 0 Å². The Labute approximate surface area is 74.7 Å². The predicted molar refractivity (Wildman–Crippen MR) is 30.3 cm³/mol. The molecule has 0 unspecified atom stereocenters. The monoisotopic (exact) mass is 246 g/mol. The molecule has 0 spiro atoms. The Hall–Kier alpha value is 0.764. The van der Waals surface area contributed by atoms with Gasteiger partial charge in [-0.05, 0) is 0 Å². The van der Waals surface area contributed by atoms with E-state index in [1.807, 2.05) is 18.2 Å². The summed E-state index contributed by atoms with van der Waals surface area (Å²) in [6, 6.07) is 10.2. The maximum atomic E-state index is 5.50. The van der Waals surface area contributed by atoms with Crippen molar-refractivity contribution in [1.82, 2.24) is 0 Å². The maximum absolute atomic E-state index is 5.50. The fourth-order valence-electron chi connectivity index (χ4n) is 0.487. The van der Waals surface area contributed by atoms with Crippen molar-refractivity contribution < 1.29 is 45.1 Å². The summed E-state index contributed by atoms with van der Waals surface area (Å²) in [7, 11) is 0.